The van der Waals surface area contributed by atoms with Crippen LogP contribution in [0, 0.1) is 39.9 Å². The Labute approximate surface area is 239 Å². The van der Waals surface area contributed by atoms with Crippen LogP contribution in [0.4, 0.5) is 8.78 Å². The lowest BCUT2D eigenvalue weighted by atomic mass is 9.44. The van der Waals surface area contributed by atoms with Gasteiger partial charge in [-0.25, -0.2) is 18.4 Å². The number of alkyl halides is 2. The molecule has 1 heterocycles. The number of nitrogens with zero attached hydrogens (tertiary/aromatic N) is 1. The topological polar surface area (TPSA) is 114 Å². The summed E-state index contributed by atoms with van der Waals surface area (Å²) >= 11 is 2.64. The molecule has 0 aromatic carbocycles. The molecule has 0 spiro atoms. The maximum Gasteiger partial charge on any atom is 0.352 e. The summed E-state index contributed by atoms with van der Waals surface area (Å²) in [6, 6.07) is 5.11. The molecular formula is C29H31F2NO6S2. The molecule has 11 heteroatoms. The third-order valence-corrected chi connectivity index (χ3v) is 12.1. The Morgan fingerprint density at radius 1 is 1.27 bits per heavy atom. The molecular weight excluding hydrogens is 560 g/mol. The Hall–Kier alpha value is -2.55. The van der Waals surface area contributed by atoms with E-state index in [-0.39, 0.29) is 29.7 Å². The molecule has 3 saturated carbocycles. The molecule has 1 aromatic rings. The number of rotatable bonds is 5. The van der Waals surface area contributed by atoms with Gasteiger partial charge in [0.2, 0.25) is 5.60 Å². The number of esters is 2. The normalized spacial score (nSPS) is 41.7. The molecule has 5 rings (SSSR count). The fraction of sp³-hybridized carbons (Fsp3) is 0.586. The van der Waals surface area contributed by atoms with Crippen LogP contribution in [0.2, 0.25) is 0 Å². The highest BCUT2D eigenvalue weighted by Crippen LogP contribution is 2.71. The third-order valence-electron chi connectivity index (χ3n) is 9.98. The van der Waals surface area contributed by atoms with E-state index < -0.39 is 76.5 Å². The van der Waals surface area contributed by atoms with E-state index in [1.807, 2.05) is 6.26 Å². The van der Waals surface area contributed by atoms with E-state index in [0.717, 1.165) is 10.3 Å². The molecule has 4 aliphatic carbocycles. The molecule has 0 bridgehead atoms. The SMILES string of the molecule is CSc1ccc(C(=O)O[C@]2(C(=O)OCC#N)[C@H](C)C[C@H]3[C@@H]4C[C@H](F)C5=CC(=O)C=C[C@]5(C)C4(F)[C@@H](O)C[C@@]32C)s1. The summed E-state index contributed by atoms with van der Waals surface area (Å²) in [5.41, 5.74) is -7.24. The average molecular weight is 592 g/mol. The van der Waals surface area contributed by atoms with E-state index in [4.69, 9.17) is 14.7 Å². The van der Waals surface area contributed by atoms with E-state index in [0.29, 0.717) is 0 Å². The number of hydrogen-bond donors (Lipinski definition) is 1. The molecule has 1 unspecified atom stereocenters. The number of aliphatic hydroxyl groups excluding tert-OH is 1. The summed E-state index contributed by atoms with van der Waals surface area (Å²) in [6.07, 6.45) is 1.81. The van der Waals surface area contributed by atoms with Crippen LogP contribution in [0.15, 0.2) is 40.1 Å². The standard InChI is InChI=1S/C29H31F2NO6S2/c1-15-11-17-18-13-20(30)19-12-16(33)7-8-26(19,2)28(18,31)22(34)14-27(17,3)29(15,25(36)37-10-9-32)38-24(35)21-5-6-23(39-4)40-21/h5-8,12,15,17-18,20,22,34H,10-11,13-14H2,1-4H3/t15-,17+,18+,20+,22+,26+,27+,28?,29+/m1/s1. The molecule has 0 aliphatic heterocycles. The second-order valence-corrected chi connectivity index (χ2v) is 13.9. The van der Waals surface area contributed by atoms with Gasteiger partial charge in [-0.1, -0.05) is 19.9 Å². The van der Waals surface area contributed by atoms with E-state index in [1.54, 1.807) is 32.0 Å². The molecule has 7 nitrogen and oxygen atoms in total. The number of ether oxygens (including phenoxy) is 2. The first-order valence-corrected chi connectivity index (χ1v) is 15.2. The number of nitriles is 1. The fourth-order valence-electron chi connectivity index (χ4n) is 8.16. The fourth-order valence-corrected chi connectivity index (χ4v) is 9.58. The first-order valence-electron chi connectivity index (χ1n) is 13.2. The van der Waals surface area contributed by atoms with Crippen LogP contribution in [0.3, 0.4) is 0 Å². The lowest BCUT2D eigenvalue weighted by Crippen LogP contribution is -2.71. The zero-order valence-corrected chi connectivity index (χ0v) is 24.2. The third kappa shape index (κ3) is 3.71. The molecule has 1 N–H and O–H groups in total. The quantitative estimate of drug-likeness (QED) is 0.376. The van der Waals surface area contributed by atoms with Crippen LogP contribution < -0.4 is 0 Å². The maximum absolute atomic E-state index is 17.5. The lowest BCUT2D eigenvalue weighted by molar-refractivity contribution is -0.230. The Morgan fingerprint density at radius 3 is 2.65 bits per heavy atom. The van der Waals surface area contributed by atoms with Crippen molar-refractivity contribution < 1.29 is 37.7 Å². The number of aliphatic hydroxyl groups is 1. The summed E-state index contributed by atoms with van der Waals surface area (Å²) in [5, 5.41) is 20.7. The van der Waals surface area contributed by atoms with Crippen LogP contribution in [0.5, 0.6) is 0 Å². The van der Waals surface area contributed by atoms with E-state index in [1.165, 1.54) is 42.2 Å². The minimum absolute atomic E-state index is 0.000799. The maximum atomic E-state index is 17.5. The van der Waals surface area contributed by atoms with Gasteiger partial charge >= 0.3 is 11.9 Å². The number of ketones is 1. The molecule has 0 radical (unpaired) electrons. The van der Waals surface area contributed by atoms with E-state index in [9.17, 15) is 19.5 Å². The highest BCUT2D eigenvalue weighted by Gasteiger charge is 2.78. The Balaban J connectivity index is 1.62. The first kappa shape index (κ1) is 29.0. The van der Waals surface area contributed by atoms with Gasteiger partial charge in [0.25, 0.3) is 0 Å². The van der Waals surface area contributed by atoms with Gasteiger partial charge in [-0.2, -0.15) is 5.26 Å². The minimum Gasteiger partial charge on any atom is -0.447 e. The molecule has 40 heavy (non-hydrogen) atoms. The average Bonchev–Trinajstić information content (AvgIpc) is 3.48. The monoisotopic (exact) mass is 591 g/mol. The lowest BCUT2D eigenvalue weighted by Gasteiger charge is -2.63. The predicted molar refractivity (Wildman–Crippen MR) is 144 cm³/mol. The van der Waals surface area contributed by atoms with Crippen molar-refractivity contribution >= 4 is 40.8 Å². The van der Waals surface area contributed by atoms with Gasteiger partial charge in [0.15, 0.2) is 18.1 Å². The molecule has 4 aliphatic rings. The van der Waals surface area contributed by atoms with Crippen molar-refractivity contribution in [3.63, 3.8) is 0 Å². The van der Waals surface area contributed by atoms with Crippen molar-refractivity contribution in [3.05, 3.63) is 40.8 Å². The van der Waals surface area contributed by atoms with Crippen molar-refractivity contribution in [1.82, 2.24) is 0 Å². The number of carbonyl (C=O) groups excluding carboxylic acids is 3. The number of carbonyl (C=O) groups is 3. The number of hydrogen-bond acceptors (Lipinski definition) is 9. The zero-order chi connectivity index (χ0) is 29.3. The minimum atomic E-state index is -2.35. The van der Waals surface area contributed by atoms with Crippen LogP contribution in [0.25, 0.3) is 0 Å². The van der Waals surface area contributed by atoms with Gasteiger partial charge in [0, 0.05) is 22.7 Å². The highest BCUT2D eigenvalue weighted by atomic mass is 32.2. The summed E-state index contributed by atoms with van der Waals surface area (Å²) in [4.78, 5) is 39.6. The second-order valence-electron chi connectivity index (χ2n) is 11.7. The number of allylic oxidation sites excluding steroid dienone is 4. The van der Waals surface area contributed by atoms with Crippen molar-refractivity contribution in [3.8, 4) is 6.07 Å². The van der Waals surface area contributed by atoms with Gasteiger partial charge < -0.3 is 14.6 Å². The van der Waals surface area contributed by atoms with E-state index >= 15 is 8.78 Å². The molecule has 0 saturated heterocycles. The van der Waals surface area contributed by atoms with Crippen molar-refractivity contribution in [1.29, 1.82) is 5.26 Å². The summed E-state index contributed by atoms with van der Waals surface area (Å²) in [6.45, 7) is 4.27. The second kappa shape index (κ2) is 9.78. The smallest absolute Gasteiger partial charge is 0.352 e. The zero-order valence-electron chi connectivity index (χ0n) is 22.6. The number of thiophene rings is 1. The molecule has 9 atom stereocenters. The number of fused-ring (bicyclic) bond motifs is 5. The van der Waals surface area contributed by atoms with Gasteiger partial charge in [0.05, 0.1) is 10.3 Å². The first-order chi connectivity index (χ1) is 18.8. The van der Waals surface area contributed by atoms with E-state index in [2.05, 4.69) is 0 Å². The van der Waals surface area contributed by atoms with Crippen molar-refractivity contribution in [2.24, 2.45) is 28.6 Å². The highest BCUT2D eigenvalue weighted by molar-refractivity contribution is 8.00. The van der Waals surface area contributed by atoms with Gasteiger partial charge in [-0.05, 0) is 68.2 Å². The Kier molecular flexibility index (Phi) is 7.08. The summed E-state index contributed by atoms with van der Waals surface area (Å²) in [7, 11) is 0. The van der Waals surface area contributed by atoms with Crippen LogP contribution in [0.1, 0.15) is 49.7 Å². The number of thioether (sulfide) groups is 1. The van der Waals surface area contributed by atoms with Crippen LogP contribution in [-0.4, -0.2) is 59.2 Å². The molecule has 214 valence electrons. The van der Waals surface area contributed by atoms with Gasteiger partial charge in [-0.3, -0.25) is 4.79 Å². The van der Waals surface area contributed by atoms with Crippen molar-refractivity contribution in [2.75, 3.05) is 12.9 Å². The summed E-state index contributed by atoms with van der Waals surface area (Å²) in [5.74, 6) is -4.59. The van der Waals surface area contributed by atoms with Gasteiger partial charge in [0.1, 0.15) is 17.1 Å². The van der Waals surface area contributed by atoms with Gasteiger partial charge in [-0.15, -0.1) is 23.1 Å². The molecule has 1 aromatic heterocycles. The van der Waals surface area contributed by atoms with Crippen LogP contribution in [-0.2, 0) is 19.1 Å². The summed E-state index contributed by atoms with van der Waals surface area (Å²) < 4.78 is 45.5. The Bertz CT molecular complexity index is 1370. The predicted octanol–water partition coefficient (Wildman–Crippen LogP) is 5.00. The molecule has 0 amide bonds. The van der Waals surface area contributed by atoms with Crippen molar-refractivity contribution in [2.45, 2.75) is 67.8 Å². The largest absolute Gasteiger partial charge is 0.447 e. The van der Waals surface area contributed by atoms with Crippen LogP contribution >= 0.6 is 23.1 Å². The number of halogens is 2. The molecule has 3 fully saturated rings. The Morgan fingerprint density at radius 2 is 2.00 bits per heavy atom.